The van der Waals surface area contributed by atoms with Gasteiger partial charge < -0.3 is 5.73 Å². The topological polar surface area (TPSA) is 55.3 Å². The maximum Gasteiger partial charge on any atom is 0.135 e. The molecule has 4 N–H and O–H groups in total. The molecule has 96 valence electrons. The predicted molar refractivity (Wildman–Crippen MR) is 72.9 cm³/mol. The van der Waals surface area contributed by atoms with Crippen LogP contribution in [0.4, 0.5) is 10.1 Å². The van der Waals surface area contributed by atoms with E-state index in [-0.39, 0.29) is 5.82 Å². The highest BCUT2D eigenvalue weighted by Gasteiger charge is 2.24. The number of benzene rings is 1. The summed E-state index contributed by atoms with van der Waals surface area (Å²) in [6, 6.07) is 3.43. The summed E-state index contributed by atoms with van der Waals surface area (Å²) in [6.07, 6.45) is 5.38. The molecule has 1 aromatic carbocycles. The summed E-state index contributed by atoms with van der Waals surface area (Å²) in [4.78, 5) is 0. The molecule has 1 aromatic rings. The summed E-state index contributed by atoms with van der Waals surface area (Å²) < 4.78 is 13.9. The Labute approximate surface area is 107 Å². The molecule has 1 aliphatic rings. The Morgan fingerprint density at radius 3 is 2.72 bits per heavy atom. The Morgan fingerprint density at radius 1 is 1.50 bits per heavy atom. The monoisotopic (exact) mass is 247 g/mol. The molecule has 18 heavy (non-hydrogen) atoms. The SMILES string of the molecule is C=Cc1ccc(N(N)/C=C(\N)C2CC2)c(C)c1F. The van der Waals surface area contributed by atoms with Crippen molar-refractivity contribution in [2.75, 3.05) is 5.01 Å². The average molecular weight is 247 g/mol. The van der Waals surface area contributed by atoms with E-state index in [1.54, 1.807) is 25.3 Å². The van der Waals surface area contributed by atoms with E-state index in [1.807, 2.05) is 0 Å². The van der Waals surface area contributed by atoms with E-state index >= 15 is 0 Å². The van der Waals surface area contributed by atoms with Crippen molar-refractivity contribution in [3.63, 3.8) is 0 Å². The van der Waals surface area contributed by atoms with Gasteiger partial charge in [-0.3, -0.25) is 5.01 Å². The summed E-state index contributed by atoms with van der Waals surface area (Å²) in [5, 5.41) is 1.39. The lowest BCUT2D eigenvalue weighted by Crippen LogP contribution is -2.27. The van der Waals surface area contributed by atoms with Gasteiger partial charge in [0, 0.05) is 28.9 Å². The van der Waals surface area contributed by atoms with Crippen LogP contribution in [-0.4, -0.2) is 0 Å². The number of nitrogens with two attached hydrogens (primary N) is 2. The van der Waals surface area contributed by atoms with Crippen molar-refractivity contribution in [3.8, 4) is 0 Å². The molecule has 0 saturated heterocycles. The fourth-order valence-electron chi connectivity index (χ4n) is 1.89. The van der Waals surface area contributed by atoms with Gasteiger partial charge in [-0.25, -0.2) is 10.2 Å². The number of halogens is 1. The first-order valence-electron chi connectivity index (χ1n) is 5.97. The Kier molecular flexibility index (Phi) is 3.39. The number of hydrazine groups is 1. The molecule has 0 spiro atoms. The molecule has 0 bridgehead atoms. The summed E-state index contributed by atoms with van der Waals surface area (Å²) in [5.74, 6) is 6.05. The van der Waals surface area contributed by atoms with Crippen LogP contribution in [0.2, 0.25) is 0 Å². The van der Waals surface area contributed by atoms with Crippen LogP contribution in [-0.2, 0) is 0 Å². The van der Waals surface area contributed by atoms with Crippen molar-refractivity contribution in [1.29, 1.82) is 0 Å². The Morgan fingerprint density at radius 2 is 2.17 bits per heavy atom. The molecule has 1 fully saturated rings. The van der Waals surface area contributed by atoms with Gasteiger partial charge in [0.05, 0.1) is 5.69 Å². The summed E-state index contributed by atoms with van der Waals surface area (Å²) in [6.45, 7) is 5.26. The summed E-state index contributed by atoms with van der Waals surface area (Å²) in [5.41, 5.74) is 8.23. The molecule has 0 heterocycles. The minimum Gasteiger partial charge on any atom is -0.401 e. The highest BCUT2D eigenvalue weighted by atomic mass is 19.1. The zero-order valence-corrected chi connectivity index (χ0v) is 10.5. The maximum absolute atomic E-state index is 13.9. The highest BCUT2D eigenvalue weighted by Crippen LogP contribution is 2.34. The van der Waals surface area contributed by atoms with Crippen LogP contribution in [0.3, 0.4) is 0 Å². The first kappa shape index (κ1) is 12.6. The smallest absolute Gasteiger partial charge is 0.135 e. The fourth-order valence-corrected chi connectivity index (χ4v) is 1.89. The van der Waals surface area contributed by atoms with Crippen molar-refractivity contribution in [2.24, 2.45) is 17.5 Å². The molecule has 2 rings (SSSR count). The van der Waals surface area contributed by atoms with Crippen molar-refractivity contribution < 1.29 is 4.39 Å². The first-order chi connectivity index (χ1) is 8.54. The van der Waals surface area contributed by atoms with Crippen molar-refractivity contribution >= 4 is 11.8 Å². The maximum atomic E-state index is 13.9. The normalized spacial score (nSPS) is 15.6. The summed E-state index contributed by atoms with van der Waals surface area (Å²) >= 11 is 0. The van der Waals surface area contributed by atoms with E-state index in [2.05, 4.69) is 6.58 Å². The number of nitrogens with zero attached hydrogens (tertiary/aromatic N) is 1. The van der Waals surface area contributed by atoms with Crippen molar-refractivity contribution in [2.45, 2.75) is 19.8 Å². The van der Waals surface area contributed by atoms with Crippen molar-refractivity contribution in [1.82, 2.24) is 0 Å². The molecule has 4 heteroatoms. The Hall–Kier alpha value is -1.81. The van der Waals surface area contributed by atoms with Crippen LogP contribution in [0.1, 0.15) is 24.0 Å². The average Bonchev–Trinajstić information content (AvgIpc) is 3.16. The molecule has 3 nitrogen and oxygen atoms in total. The van der Waals surface area contributed by atoms with Crippen LogP contribution < -0.4 is 16.6 Å². The van der Waals surface area contributed by atoms with Gasteiger partial charge >= 0.3 is 0 Å². The fraction of sp³-hybridized carbons (Fsp3) is 0.286. The first-order valence-corrected chi connectivity index (χ1v) is 5.97. The van der Waals surface area contributed by atoms with Gasteiger partial charge in [0.25, 0.3) is 0 Å². The standard InChI is InChI=1S/C14H18FN3/c1-3-10-6-7-13(9(2)14(10)15)18(17)8-12(16)11-4-5-11/h3,6-8,11H,1,4-5,16-17H2,2H3/b12-8-. The van der Waals surface area contributed by atoms with Gasteiger partial charge in [0.2, 0.25) is 0 Å². The molecular weight excluding hydrogens is 229 g/mol. The highest BCUT2D eigenvalue weighted by molar-refractivity contribution is 5.61. The quantitative estimate of drug-likeness (QED) is 0.635. The van der Waals surface area contributed by atoms with Crippen LogP contribution >= 0.6 is 0 Å². The summed E-state index contributed by atoms with van der Waals surface area (Å²) in [7, 11) is 0. The minimum atomic E-state index is -0.295. The molecule has 0 aromatic heterocycles. The lowest BCUT2D eigenvalue weighted by molar-refractivity contribution is 0.615. The lowest BCUT2D eigenvalue weighted by Gasteiger charge is -2.18. The van der Waals surface area contributed by atoms with E-state index in [1.165, 1.54) is 11.1 Å². The predicted octanol–water partition coefficient (Wildman–Crippen LogP) is 2.67. The molecule has 0 atom stereocenters. The molecule has 0 amide bonds. The second kappa shape index (κ2) is 4.82. The van der Waals surface area contributed by atoms with Gasteiger partial charge in [-0.1, -0.05) is 12.7 Å². The minimum absolute atomic E-state index is 0.295. The molecule has 1 saturated carbocycles. The zero-order chi connectivity index (χ0) is 13.3. The third-order valence-electron chi connectivity index (χ3n) is 3.22. The van der Waals surface area contributed by atoms with Crippen LogP contribution in [0, 0.1) is 18.7 Å². The van der Waals surface area contributed by atoms with E-state index in [4.69, 9.17) is 11.6 Å². The molecule has 0 aliphatic heterocycles. The van der Waals surface area contributed by atoms with Gasteiger partial charge in [-0.05, 0) is 31.9 Å². The molecule has 1 aliphatic carbocycles. The Bertz CT molecular complexity index is 504. The Balaban J connectivity index is 2.30. The number of allylic oxidation sites excluding steroid dienone is 1. The third kappa shape index (κ3) is 2.38. The zero-order valence-electron chi connectivity index (χ0n) is 10.5. The molecule has 0 unspecified atom stereocenters. The van der Waals surface area contributed by atoms with E-state index in [0.717, 1.165) is 18.5 Å². The van der Waals surface area contributed by atoms with Crippen LogP contribution in [0.25, 0.3) is 6.08 Å². The van der Waals surface area contributed by atoms with Crippen molar-refractivity contribution in [3.05, 3.63) is 47.6 Å². The second-order valence-electron chi connectivity index (χ2n) is 4.63. The number of rotatable bonds is 4. The van der Waals surface area contributed by atoms with Crippen LogP contribution in [0.5, 0.6) is 0 Å². The second-order valence-corrected chi connectivity index (χ2v) is 4.63. The molecule has 0 radical (unpaired) electrons. The lowest BCUT2D eigenvalue weighted by atomic mass is 10.1. The number of hydrogen-bond acceptors (Lipinski definition) is 3. The van der Waals surface area contributed by atoms with Gasteiger partial charge in [-0.2, -0.15) is 0 Å². The van der Waals surface area contributed by atoms with E-state index in [0.29, 0.717) is 22.7 Å². The largest absolute Gasteiger partial charge is 0.401 e. The number of hydrogen-bond donors (Lipinski definition) is 2. The van der Waals surface area contributed by atoms with Gasteiger partial charge in [0.1, 0.15) is 5.82 Å². The third-order valence-corrected chi connectivity index (χ3v) is 3.22. The molecular formula is C14H18FN3. The van der Waals surface area contributed by atoms with Crippen LogP contribution in [0.15, 0.2) is 30.6 Å². The number of anilines is 1. The van der Waals surface area contributed by atoms with E-state index in [9.17, 15) is 4.39 Å². The van der Waals surface area contributed by atoms with Gasteiger partial charge in [-0.15, -0.1) is 0 Å². The van der Waals surface area contributed by atoms with E-state index < -0.39 is 0 Å². The van der Waals surface area contributed by atoms with Gasteiger partial charge in [0.15, 0.2) is 0 Å².